The van der Waals surface area contributed by atoms with E-state index in [0.29, 0.717) is 0 Å². The summed E-state index contributed by atoms with van der Waals surface area (Å²) in [6.45, 7) is 10.6. The minimum Gasteiger partial charge on any atom is -0.412 e. The van der Waals surface area contributed by atoms with Crippen molar-refractivity contribution in [2.45, 2.75) is 46.6 Å². The van der Waals surface area contributed by atoms with Gasteiger partial charge in [-0.25, -0.2) is 10.5 Å². The second kappa shape index (κ2) is 15.2. The van der Waals surface area contributed by atoms with E-state index >= 15 is 0 Å². The van der Waals surface area contributed by atoms with Crippen LogP contribution in [0, 0.1) is 0 Å². The number of halogens is 2. The number of rotatable bonds is 10. The van der Waals surface area contributed by atoms with Crippen molar-refractivity contribution in [2.24, 2.45) is 0 Å². The molecule has 1 amide bonds. The second-order valence-electron chi connectivity index (χ2n) is 6.37. The van der Waals surface area contributed by atoms with Crippen molar-refractivity contribution in [3.05, 3.63) is 35.7 Å². The highest BCUT2D eigenvalue weighted by atomic mass is 35.5. The predicted octanol–water partition coefficient (Wildman–Crippen LogP) is 3.26. The van der Waals surface area contributed by atoms with E-state index in [0.717, 1.165) is 67.9 Å². The molecule has 7 nitrogen and oxygen atoms in total. The highest BCUT2D eigenvalue weighted by Gasteiger charge is 2.12. The molecule has 0 radical (unpaired) electrons. The van der Waals surface area contributed by atoms with Gasteiger partial charge >= 0.3 is 0 Å². The molecule has 0 bridgehead atoms. The molecule has 0 atom stereocenters. The molecule has 1 aromatic heterocycles. The van der Waals surface area contributed by atoms with Crippen LogP contribution in [0.5, 0.6) is 0 Å². The van der Waals surface area contributed by atoms with E-state index in [9.17, 15) is 4.79 Å². The molecule has 0 aliphatic rings. The third kappa shape index (κ3) is 8.32. The largest absolute Gasteiger partial charge is 0.412 e. The number of fused-ring (bicyclic) bond motifs is 1. The highest BCUT2D eigenvalue weighted by molar-refractivity contribution is 5.91. The van der Waals surface area contributed by atoms with Gasteiger partial charge in [-0.1, -0.05) is 33.3 Å². The number of hydrogen-bond acceptors (Lipinski definition) is 4. The van der Waals surface area contributed by atoms with Gasteiger partial charge in [0.05, 0.1) is 11.0 Å². The van der Waals surface area contributed by atoms with Gasteiger partial charge in [0, 0.05) is 25.6 Å². The molecule has 29 heavy (non-hydrogen) atoms. The Morgan fingerprint density at radius 2 is 1.93 bits per heavy atom. The zero-order valence-electron chi connectivity index (χ0n) is 17.4. The van der Waals surface area contributed by atoms with E-state index in [1.165, 1.54) is 6.08 Å². The number of imidazole rings is 1. The number of hydrogen-bond donors (Lipinski definition) is 2. The van der Waals surface area contributed by atoms with Crippen LogP contribution in [-0.4, -0.2) is 50.7 Å². The fourth-order valence-electron chi connectivity index (χ4n) is 3.07. The average Bonchev–Trinajstić information content (AvgIpc) is 3.01. The lowest BCUT2D eigenvalue weighted by Gasteiger charge is -2.19. The van der Waals surface area contributed by atoms with Crippen molar-refractivity contribution >= 4 is 47.8 Å². The highest BCUT2D eigenvalue weighted by Crippen LogP contribution is 2.20. The number of amides is 1. The summed E-state index contributed by atoms with van der Waals surface area (Å²) in [5, 5.41) is 8.58. The number of benzene rings is 1. The SMILES string of the molecule is CCCCc1nc2cc(/C=C/C(=O)NO)ccc2n1CCN(CC)CC.Cl.Cl.O. The van der Waals surface area contributed by atoms with Crippen molar-refractivity contribution in [1.29, 1.82) is 0 Å². The molecule has 0 unspecified atom stereocenters. The summed E-state index contributed by atoms with van der Waals surface area (Å²) >= 11 is 0. The van der Waals surface area contributed by atoms with Crippen LogP contribution < -0.4 is 5.48 Å². The molecule has 4 N–H and O–H groups in total. The number of likely N-dealkylation sites (N-methyl/N-ethyl adjacent to an activating group) is 1. The van der Waals surface area contributed by atoms with E-state index in [4.69, 9.17) is 10.2 Å². The van der Waals surface area contributed by atoms with Crippen LogP contribution in [0.25, 0.3) is 17.1 Å². The maximum atomic E-state index is 11.2. The molecule has 0 spiro atoms. The summed E-state index contributed by atoms with van der Waals surface area (Å²) in [7, 11) is 0. The number of aromatic nitrogens is 2. The van der Waals surface area contributed by atoms with E-state index in [1.807, 2.05) is 12.1 Å². The topological polar surface area (TPSA) is 102 Å². The summed E-state index contributed by atoms with van der Waals surface area (Å²) in [5.74, 6) is 0.585. The number of unbranched alkanes of at least 4 members (excludes halogenated alkanes) is 1. The maximum Gasteiger partial charge on any atom is 0.267 e. The van der Waals surface area contributed by atoms with Crippen LogP contribution in [0.4, 0.5) is 0 Å². The number of carbonyl (C=O) groups is 1. The summed E-state index contributed by atoms with van der Waals surface area (Å²) in [4.78, 5) is 18.4. The number of aryl methyl sites for hydroxylation is 1. The van der Waals surface area contributed by atoms with Crippen LogP contribution in [0.2, 0.25) is 0 Å². The van der Waals surface area contributed by atoms with E-state index in [2.05, 4.69) is 36.3 Å². The summed E-state index contributed by atoms with van der Waals surface area (Å²) in [6, 6.07) is 6.03. The van der Waals surface area contributed by atoms with E-state index in [-0.39, 0.29) is 30.3 Å². The van der Waals surface area contributed by atoms with Gasteiger partial charge in [-0.05, 0) is 43.3 Å². The quantitative estimate of drug-likeness (QED) is 0.330. The molecule has 1 aromatic carbocycles. The first-order valence-electron chi connectivity index (χ1n) is 9.46. The van der Waals surface area contributed by atoms with Gasteiger partial charge in [0.25, 0.3) is 5.91 Å². The fourth-order valence-corrected chi connectivity index (χ4v) is 3.07. The lowest BCUT2D eigenvalue weighted by Crippen LogP contribution is -2.27. The fraction of sp³-hybridized carbons (Fsp3) is 0.500. The smallest absolute Gasteiger partial charge is 0.267 e. The lowest BCUT2D eigenvalue weighted by molar-refractivity contribution is -0.124. The Hall–Kier alpha value is -1.64. The molecule has 166 valence electrons. The first-order valence-corrected chi connectivity index (χ1v) is 9.46. The average molecular weight is 449 g/mol. The molecule has 0 aliphatic heterocycles. The lowest BCUT2D eigenvalue weighted by atomic mass is 10.2. The van der Waals surface area contributed by atoms with E-state index in [1.54, 1.807) is 11.6 Å². The second-order valence-corrected chi connectivity index (χ2v) is 6.37. The molecule has 0 fully saturated rings. The first kappa shape index (κ1) is 29.6. The van der Waals surface area contributed by atoms with E-state index < -0.39 is 5.91 Å². The molecule has 0 aliphatic carbocycles. The molecule has 0 saturated heterocycles. The normalized spacial score (nSPS) is 10.5. The third-order valence-electron chi connectivity index (χ3n) is 4.68. The Labute approximate surface area is 185 Å². The molecule has 2 rings (SSSR count). The minimum absolute atomic E-state index is 0. The standard InChI is InChI=1S/C20H30N4O2.2ClH.H2O/c1-4-7-8-19-21-17-15-16(10-12-20(25)22-26)9-11-18(17)24(19)14-13-23(5-2)6-3;;;/h9-12,15,26H,4-8,13-14H2,1-3H3,(H,22,25);2*1H;1H2/b12-10+;;;. The Kier molecular flexibility index (Phi) is 15.5. The monoisotopic (exact) mass is 448 g/mol. The number of hydroxylamine groups is 1. The molecule has 0 saturated carbocycles. The van der Waals surface area contributed by atoms with Gasteiger partial charge in [0.2, 0.25) is 0 Å². The predicted molar refractivity (Wildman–Crippen MR) is 123 cm³/mol. The molecule has 9 heteroatoms. The Balaban J connectivity index is 0. The van der Waals surface area contributed by atoms with Crippen LogP contribution >= 0.6 is 24.8 Å². The Morgan fingerprint density at radius 3 is 2.52 bits per heavy atom. The maximum absolute atomic E-state index is 11.2. The van der Waals surface area contributed by atoms with Gasteiger partial charge < -0.3 is 14.9 Å². The molecule has 1 heterocycles. The van der Waals surface area contributed by atoms with Crippen molar-refractivity contribution in [1.82, 2.24) is 19.9 Å². The number of carbonyl (C=O) groups excluding carboxylic acids is 1. The summed E-state index contributed by atoms with van der Waals surface area (Å²) < 4.78 is 2.33. The van der Waals surface area contributed by atoms with Crippen molar-refractivity contribution < 1.29 is 15.5 Å². The zero-order chi connectivity index (χ0) is 18.9. The zero-order valence-corrected chi connectivity index (χ0v) is 19.0. The molecular weight excluding hydrogens is 415 g/mol. The van der Waals surface area contributed by atoms with Crippen molar-refractivity contribution in [3.63, 3.8) is 0 Å². The summed E-state index contributed by atoms with van der Waals surface area (Å²) in [6.07, 6.45) is 6.21. The van der Waals surface area contributed by atoms with Crippen molar-refractivity contribution in [3.8, 4) is 0 Å². The van der Waals surface area contributed by atoms with Crippen LogP contribution in [0.3, 0.4) is 0 Å². The first-order chi connectivity index (χ1) is 12.6. The van der Waals surface area contributed by atoms with Gasteiger partial charge in [0.1, 0.15) is 5.82 Å². The molecule has 2 aromatic rings. The van der Waals surface area contributed by atoms with Gasteiger partial charge in [-0.15, -0.1) is 24.8 Å². The van der Waals surface area contributed by atoms with Gasteiger partial charge in [0.15, 0.2) is 0 Å². The van der Waals surface area contributed by atoms with Gasteiger partial charge in [-0.2, -0.15) is 0 Å². The Morgan fingerprint density at radius 1 is 1.24 bits per heavy atom. The Bertz CT molecular complexity index is 762. The minimum atomic E-state index is -0.543. The molecular formula is C20H34Cl2N4O3. The van der Waals surface area contributed by atoms with Gasteiger partial charge in [-0.3, -0.25) is 10.0 Å². The summed E-state index contributed by atoms with van der Waals surface area (Å²) in [5.41, 5.74) is 4.56. The van der Waals surface area contributed by atoms with Crippen LogP contribution in [-0.2, 0) is 17.8 Å². The number of nitrogens with one attached hydrogen (secondary N) is 1. The van der Waals surface area contributed by atoms with Crippen molar-refractivity contribution in [2.75, 3.05) is 19.6 Å². The third-order valence-corrected chi connectivity index (χ3v) is 4.68. The van der Waals surface area contributed by atoms with Crippen LogP contribution in [0.15, 0.2) is 24.3 Å². The van der Waals surface area contributed by atoms with Crippen LogP contribution in [0.1, 0.15) is 45.0 Å². The number of nitrogens with zero attached hydrogens (tertiary/aromatic N) is 3.